The van der Waals surface area contributed by atoms with Gasteiger partial charge in [0.2, 0.25) is 0 Å². The number of aryl methyl sites for hydroxylation is 1. The molecule has 0 unspecified atom stereocenters. The Morgan fingerprint density at radius 2 is 1.07 bits per heavy atom. The summed E-state index contributed by atoms with van der Waals surface area (Å²) in [4.78, 5) is 10.2. The summed E-state index contributed by atoms with van der Waals surface area (Å²) < 4.78 is 7.05. The highest BCUT2D eigenvalue weighted by molar-refractivity contribution is 7.20. The van der Waals surface area contributed by atoms with Gasteiger partial charge >= 0.3 is 0 Å². The molecule has 0 atom stereocenters. The lowest BCUT2D eigenvalue weighted by Crippen LogP contribution is -2.74. The molecule has 12 aromatic rings. The second-order valence-corrected chi connectivity index (χ2v) is 19.7. The maximum Gasteiger partial charge on any atom is 0.179 e. The number of imidazole rings is 1. The molecule has 8 aromatic carbocycles. The van der Waals surface area contributed by atoms with Crippen LogP contribution < -0.4 is 20.7 Å². The number of nitrogens with zero attached hydrogens (tertiary/aromatic N) is 5. The number of aromatic nitrogens is 5. The van der Waals surface area contributed by atoms with E-state index in [0.29, 0.717) is 0 Å². The monoisotopic (exact) mass is 797 g/mol. The smallest absolute Gasteiger partial charge is 0.179 e. The van der Waals surface area contributed by atoms with Crippen molar-refractivity contribution in [1.29, 1.82) is 0 Å². The molecule has 6 heteroatoms. The predicted molar refractivity (Wildman–Crippen MR) is 256 cm³/mol. The normalized spacial score (nSPS) is 12.0. The van der Waals surface area contributed by atoms with Crippen LogP contribution in [0.2, 0.25) is 0 Å². The number of benzene rings is 8. The SMILES string of the molecule is Cn1c(-c2cccc([Si](c3ccccc3)(c3ccccc3)c3ccc4c5c(ccc6c7ccccc7n(-c7ccccc7)c65)n(-c5ccccn5)c4c3)c2)nc2ccccc21. The minimum atomic E-state index is -3.03. The van der Waals surface area contributed by atoms with Gasteiger partial charge in [-0.25, -0.2) is 9.97 Å². The maximum atomic E-state index is 5.17. The topological polar surface area (TPSA) is 40.6 Å². The number of hydrogen-bond donors (Lipinski definition) is 0. The molecule has 0 amide bonds. The Morgan fingerprint density at radius 3 is 1.80 bits per heavy atom. The first-order chi connectivity index (χ1) is 30.2. The maximum absolute atomic E-state index is 5.17. The number of rotatable bonds is 7. The number of pyridine rings is 1. The third-order valence-corrected chi connectivity index (χ3v) is 17.4. The predicted octanol–water partition coefficient (Wildman–Crippen LogP) is 10.2. The van der Waals surface area contributed by atoms with E-state index in [4.69, 9.17) is 9.97 Å². The summed E-state index contributed by atoms with van der Waals surface area (Å²) in [7, 11) is -0.910. The van der Waals surface area contributed by atoms with Crippen molar-refractivity contribution in [2.75, 3.05) is 0 Å². The van der Waals surface area contributed by atoms with Gasteiger partial charge in [-0.15, -0.1) is 0 Å². The van der Waals surface area contributed by atoms with E-state index in [-0.39, 0.29) is 0 Å². The molecule has 4 heterocycles. The van der Waals surface area contributed by atoms with Crippen LogP contribution in [0.3, 0.4) is 0 Å². The fraction of sp³-hybridized carbons (Fsp3) is 0.0182. The zero-order chi connectivity index (χ0) is 40.5. The molecule has 0 saturated heterocycles. The standard InChI is InChI=1S/C55H39N5Si/c1-58-49-29-14-12-27-47(49)57-55(58)38-18-17-25-42(36-38)61(40-21-7-3-8-22-40,41-23-9-4-10-24-41)43-31-32-46-51(37-43)60(52-30-15-16-35-56-52)50-34-33-45-44-26-11-13-28-48(44)59(54(45)53(46)50)39-19-5-2-6-20-39/h2-37H,1H3. The van der Waals surface area contributed by atoms with Crippen LogP contribution in [0.15, 0.2) is 219 Å². The van der Waals surface area contributed by atoms with Crippen molar-refractivity contribution in [3.63, 3.8) is 0 Å². The quantitative estimate of drug-likeness (QED) is 0.119. The Balaban J connectivity index is 1.21. The molecular formula is C55H39N5Si. The molecule has 4 aromatic heterocycles. The fourth-order valence-corrected chi connectivity index (χ4v) is 14.8. The van der Waals surface area contributed by atoms with E-state index in [1.54, 1.807) is 0 Å². The van der Waals surface area contributed by atoms with Crippen molar-refractivity contribution < 1.29 is 0 Å². The van der Waals surface area contributed by atoms with Crippen LogP contribution in [0.5, 0.6) is 0 Å². The second kappa shape index (κ2) is 13.9. The molecule has 288 valence electrons. The highest BCUT2D eigenvalue weighted by Gasteiger charge is 2.42. The molecule has 0 fully saturated rings. The second-order valence-electron chi connectivity index (χ2n) is 15.8. The van der Waals surface area contributed by atoms with E-state index in [9.17, 15) is 0 Å². The summed E-state index contributed by atoms with van der Waals surface area (Å²) in [5.41, 5.74) is 8.97. The van der Waals surface area contributed by atoms with Gasteiger partial charge in [0, 0.05) is 46.0 Å². The minimum absolute atomic E-state index is 0.886. The lowest BCUT2D eigenvalue weighted by molar-refractivity contribution is 0.959. The van der Waals surface area contributed by atoms with Gasteiger partial charge in [0.25, 0.3) is 0 Å². The van der Waals surface area contributed by atoms with E-state index in [2.05, 4.69) is 227 Å². The molecule has 0 saturated carbocycles. The van der Waals surface area contributed by atoms with Crippen molar-refractivity contribution >= 4 is 83.5 Å². The molecule has 61 heavy (non-hydrogen) atoms. The van der Waals surface area contributed by atoms with Crippen LogP contribution in [-0.2, 0) is 7.05 Å². The summed E-state index contributed by atoms with van der Waals surface area (Å²) in [6.45, 7) is 0. The van der Waals surface area contributed by atoms with Gasteiger partial charge in [0.05, 0.1) is 33.1 Å². The Hall–Kier alpha value is -7.80. The van der Waals surface area contributed by atoms with Crippen LogP contribution in [0.4, 0.5) is 0 Å². The summed E-state index contributed by atoms with van der Waals surface area (Å²) >= 11 is 0. The van der Waals surface area contributed by atoms with E-state index in [1.165, 1.54) is 53.3 Å². The van der Waals surface area contributed by atoms with Gasteiger partial charge in [-0.05, 0) is 75.3 Å². The molecule has 5 nitrogen and oxygen atoms in total. The van der Waals surface area contributed by atoms with Crippen LogP contribution >= 0.6 is 0 Å². The number of hydrogen-bond acceptors (Lipinski definition) is 2. The third-order valence-electron chi connectivity index (χ3n) is 12.6. The van der Waals surface area contributed by atoms with Crippen LogP contribution in [0.25, 0.3) is 77.5 Å². The van der Waals surface area contributed by atoms with Crippen molar-refractivity contribution in [3.8, 4) is 22.9 Å². The van der Waals surface area contributed by atoms with E-state index < -0.39 is 8.07 Å². The first-order valence-electron chi connectivity index (χ1n) is 20.8. The lowest BCUT2D eigenvalue weighted by atomic mass is 10.1. The Morgan fingerprint density at radius 1 is 0.426 bits per heavy atom. The molecule has 0 spiro atoms. The summed E-state index contributed by atoms with van der Waals surface area (Å²) in [5, 5.41) is 10.1. The largest absolute Gasteiger partial charge is 0.327 e. The minimum Gasteiger partial charge on any atom is -0.327 e. The highest BCUT2D eigenvalue weighted by atomic mass is 28.3. The molecule has 0 N–H and O–H groups in total. The molecule has 0 aliphatic rings. The van der Waals surface area contributed by atoms with E-state index in [0.717, 1.165) is 45.0 Å². The van der Waals surface area contributed by atoms with Gasteiger partial charge in [-0.2, -0.15) is 0 Å². The number of fused-ring (bicyclic) bond motifs is 8. The summed E-state index contributed by atoms with van der Waals surface area (Å²) in [6.07, 6.45) is 1.90. The van der Waals surface area contributed by atoms with Gasteiger partial charge < -0.3 is 9.13 Å². The van der Waals surface area contributed by atoms with Crippen molar-refractivity contribution in [2.24, 2.45) is 7.05 Å². The van der Waals surface area contributed by atoms with Gasteiger partial charge in [0.1, 0.15) is 11.6 Å². The summed E-state index contributed by atoms with van der Waals surface area (Å²) in [5.74, 6) is 1.84. The molecule has 0 aliphatic carbocycles. The van der Waals surface area contributed by atoms with Gasteiger partial charge in [0.15, 0.2) is 8.07 Å². The zero-order valence-electron chi connectivity index (χ0n) is 33.5. The van der Waals surface area contributed by atoms with Crippen LogP contribution in [0, 0.1) is 0 Å². The molecule has 0 bridgehead atoms. The Labute approximate surface area is 354 Å². The van der Waals surface area contributed by atoms with Crippen molar-refractivity contribution in [3.05, 3.63) is 219 Å². The Bertz CT molecular complexity index is 3550. The van der Waals surface area contributed by atoms with Crippen molar-refractivity contribution in [1.82, 2.24) is 23.7 Å². The molecule has 0 radical (unpaired) electrons. The first-order valence-corrected chi connectivity index (χ1v) is 22.8. The average Bonchev–Trinajstić information content (AvgIpc) is 3.97. The molecule has 0 aliphatic heterocycles. The van der Waals surface area contributed by atoms with Crippen molar-refractivity contribution in [2.45, 2.75) is 0 Å². The zero-order valence-corrected chi connectivity index (χ0v) is 34.5. The van der Waals surface area contributed by atoms with E-state index >= 15 is 0 Å². The highest BCUT2D eigenvalue weighted by Crippen LogP contribution is 2.41. The fourth-order valence-electron chi connectivity index (χ4n) is 10.0. The van der Waals surface area contributed by atoms with Gasteiger partial charge in [-0.3, -0.25) is 4.57 Å². The summed E-state index contributed by atoms with van der Waals surface area (Å²) in [6, 6.07) is 77.6. The molecular weight excluding hydrogens is 759 g/mol. The Kier molecular flexibility index (Phi) is 8.02. The first kappa shape index (κ1) is 35.2. The van der Waals surface area contributed by atoms with Crippen LogP contribution in [-0.4, -0.2) is 31.7 Å². The van der Waals surface area contributed by atoms with Gasteiger partial charge in [-0.1, -0.05) is 158 Å². The third kappa shape index (κ3) is 5.26. The lowest BCUT2D eigenvalue weighted by Gasteiger charge is -2.34. The van der Waals surface area contributed by atoms with Crippen LogP contribution in [0.1, 0.15) is 0 Å². The average molecular weight is 798 g/mol. The number of para-hydroxylation sites is 4. The molecule has 12 rings (SSSR count). The van der Waals surface area contributed by atoms with E-state index in [1.807, 2.05) is 12.3 Å².